The third-order valence-electron chi connectivity index (χ3n) is 3.17. The van der Waals surface area contributed by atoms with Gasteiger partial charge < -0.3 is 15.2 Å². The Balaban J connectivity index is 2.95. The van der Waals surface area contributed by atoms with Crippen molar-refractivity contribution in [2.45, 2.75) is 6.04 Å². The zero-order chi connectivity index (χ0) is 15.0. The van der Waals surface area contributed by atoms with Gasteiger partial charge in [-0.15, -0.1) is 0 Å². The van der Waals surface area contributed by atoms with Gasteiger partial charge in [-0.25, -0.2) is 0 Å². The van der Waals surface area contributed by atoms with E-state index in [1.807, 2.05) is 12.1 Å². The van der Waals surface area contributed by atoms with Gasteiger partial charge in [-0.3, -0.25) is 4.90 Å². The summed E-state index contributed by atoms with van der Waals surface area (Å²) in [5, 5.41) is 1.10. The Morgan fingerprint density at radius 2 is 1.75 bits per heavy atom. The maximum absolute atomic E-state index is 6.30. The lowest BCUT2D eigenvalue weighted by molar-refractivity contribution is 0.0891. The monoisotopic (exact) mass is 320 g/mol. The molecule has 0 bridgehead atoms. The van der Waals surface area contributed by atoms with Gasteiger partial charge >= 0.3 is 0 Å². The predicted molar refractivity (Wildman–Crippen MR) is 83.6 cm³/mol. The number of ether oxygens (including phenoxy) is 2. The van der Waals surface area contributed by atoms with E-state index < -0.39 is 0 Å². The highest BCUT2D eigenvalue weighted by Crippen LogP contribution is 2.32. The molecule has 20 heavy (non-hydrogen) atoms. The van der Waals surface area contributed by atoms with E-state index in [2.05, 4.69) is 4.90 Å². The number of rotatable bonds is 9. The molecule has 0 saturated heterocycles. The summed E-state index contributed by atoms with van der Waals surface area (Å²) < 4.78 is 10.3. The summed E-state index contributed by atoms with van der Waals surface area (Å²) in [4.78, 5) is 2.20. The number of methoxy groups -OCH3 is 2. The molecule has 0 radical (unpaired) electrons. The van der Waals surface area contributed by atoms with Crippen LogP contribution in [0.1, 0.15) is 11.6 Å². The van der Waals surface area contributed by atoms with E-state index in [4.69, 9.17) is 38.4 Å². The Kier molecular flexibility index (Phi) is 8.45. The molecule has 114 valence electrons. The van der Waals surface area contributed by atoms with Crippen LogP contribution in [0, 0.1) is 0 Å². The van der Waals surface area contributed by atoms with Gasteiger partial charge in [0.1, 0.15) is 0 Å². The first-order chi connectivity index (χ1) is 9.65. The highest BCUT2D eigenvalue weighted by atomic mass is 35.5. The van der Waals surface area contributed by atoms with Crippen LogP contribution < -0.4 is 5.73 Å². The van der Waals surface area contributed by atoms with E-state index in [1.54, 1.807) is 20.3 Å². The minimum atomic E-state index is -0.00787. The van der Waals surface area contributed by atoms with Crippen molar-refractivity contribution in [2.24, 2.45) is 5.73 Å². The SMILES string of the molecule is COCCN(CCOC)C(CN)c1cccc(Cl)c1Cl. The van der Waals surface area contributed by atoms with Crippen LogP contribution in [0.25, 0.3) is 0 Å². The highest BCUT2D eigenvalue weighted by molar-refractivity contribution is 6.42. The first-order valence-corrected chi connectivity index (χ1v) is 7.27. The summed E-state index contributed by atoms with van der Waals surface area (Å²) >= 11 is 12.4. The Morgan fingerprint density at radius 3 is 2.25 bits per heavy atom. The van der Waals surface area contributed by atoms with Crippen molar-refractivity contribution in [1.82, 2.24) is 4.90 Å². The average Bonchev–Trinajstić information content (AvgIpc) is 2.46. The van der Waals surface area contributed by atoms with Crippen LogP contribution in [-0.4, -0.2) is 52.0 Å². The van der Waals surface area contributed by atoms with Crippen molar-refractivity contribution >= 4 is 23.2 Å². The van der Waals surface area contributed by atoms with Gasteiger partial charge in [0.15, 0.2) is 0 Å². The van der Waals surface area contributed by atoms with Crippen LogP contribution in [0.5, 0.6) is 0 Å². The lowest BCUT2D eigenvalue weighted by Gasteiger charge is -2.31. The standard InChI is InChI=1S/C14H22Cl2N2O2/c1-19-8-6-18(7-9-20-2)13(10-17)11-4-3-5-12(15)14(11)16/h3-5,13H,6-10,17H2,1-2H3. The van der Waals surface area contributed by atoms with E-state index >= 15 is 0 Å². The summed E-state index contributed by atoms with van der Waals surface area (Å²) in [6.45, 7) is 3.21. The smallest absolute Gasteiger partial charge is 0.0640 e. The molecule has 0 aliphatic carbocycles. The number of halogens is 2. The minimum Gasteiger partial charge on any atom is -0.383 e. The molecule has 6 heteroatoms. The molecule has 0 spiro atoms. The molecule has 1 rings (SSSR count). The number of nitrogens with two attached hydrogens (primary N) is 1. The maximum atomic E-state index is 6.30. The molecule has 1 aromatic carbocycles. The Bertz CT molecular complexity index is 397. The number of benzene rings is 1. The molecular formula is C14H22Cl2N2O2. The molecule has 1 unspecified atom stereocenters. The molecule has 0 saturated carbocycles. The quantitative estimate of drug-likeness (QED) is 0.759. The lowest BCUT2D eigenvalue weighted by atomic mass is 10.1. The van der Waals surface area contributed by atoms with Crippen LogP contribution >= 0.6 is 23.2 Å². The van der Waals surface area contributed by atoms with Crippen molar-refractivity contribution in [3.05, 3.63) is 33.8 Å². The fourth-order valence-corrected chi connectivity index (χ4v) is 2.52. The van der Waals surface area contributed by atoms with Crippen molar-refractivity contribution < 1.29 is 9.47 Å². The van der Waals surface area contributed by atoms with E-state index in [0.717, 1.165) is 18.7 Å². The van der Waals surface area contributed by atoms with E-state index in [9.17, 15) is 0 Å². The summed E-state index contributed by atoms with van der Waals surface area (Å²) in [7, 11) is 3.36. The maximum Gasteiger partial charge on any atom is 0.0640 e. The number of hydrogen-bond acceptors (Lipinski definition) is 4. The van der Waals surface area contributed by atoms with Gasteiger partial charge in [0.2, 0.25) is 0 Å². The second-order valence-corrected chi connectivity index (χ2v) is 5.20. The second kappa shape index (κ2) is 9.55. The van der Waals surface area contributed by atoms with Crippen molar-refractivity contribution in [2.75, 3.05) is 47.1 Å². The predicted octanol–water partition coefficient (Wildman–Crippen LogP) is 2.59. The van der Waals surface area contributed by atoms with Crippen LogP contribution in [0.2, 0.25) is 10.0 Å². The van der Waals surface area contributed by atoms with Crippen LogP contribution in [0.4, 0.5) is 0 Å². The summed E-state index contributed by atoms with van der Waals surface area (Å²) in [5.41, 5.74) is 6.88. The lowest BCUT2D eigenvalue weighted by Crippen LogP contribution is -2.38. The molecule has 0 fully saturated rings. The summed E-state index contributed by atoms with van der Waals surface area (Å²) in [5.74, 6) is 0. The minimum absolute atomic E-state index is 0.00787. The van der Waals surface area contributed by atoms with Gasteiger partial charge in [0.05, 0.1) is 23.3 Å². The Hall–Kier alpha value is -0.360. The van der Waals surface area contributed by atoms with Gasteiger partial charge in [-0.1, -0.05) is 35.3 Å². The second-order valence-electron chi connectivity index (χ2n) is 4.42. The van der Waals surface area contributed by atoms with Crippen LogP contribution in [0.3, 0.4) is 0 Å². The van der Waals surface area contributed by atoms with Crippen molar-refractivity contribution in [3.8, 4) is 0 Å². The van der Waals surface area contributed by atoms with Crippen LogP contribution in [-0.2, 0) is 9.47 Å². The number of nitrogens with zero attached hydrogens (tertiary/aromatic N) is 1. The topological polar surface area (TPSA) is 47.7 Å². The fraction of sp³-hybridized carbons (Fsp3) is 0.571. The molecule has 0 aromatic heterocycles. The number of hydrogen-bond donors (Lipinski definition) is 1. The zero-order valence-electron chi connectivity index (χ0n) is 11.9. The molecule has 1 aromatic rings. The molecule has 0 aliphatic rings. The van der Waals surface area contributed by atoms with Crippen LogP contribution in [0.15, 0.2) is 18.2 Å². The fourth-order valence-electron chi connectivity index (χ4n) is 2.09. The zero-order valence-corrected chi connectivity index (χ0v) is 13.5. The van der Waals surface area contributed by atoms with Gasteiger partial charge in [-0.2, -0.15) is 0 Å². The third-order valence-corrected chi connectivity index (χ3v) is 4.00. The molecule has 1 atom stereocenters. The van der Waals surface area contributed by atoms with E-state index in [-0.39, 0.29) is 6.04 Å². The molecule has 0 amide bonds. The highest BCUT2D eigenvalue weighted by Gasteiger charge is 2.21. The third kappa shape index (κ3) is 4.88. The normalized spacial score (nSPS) is 12.9. The summed E-state index contributed by atoms with van der Waals surface area (Å²) in [6, 6.07) is 5.61. The molecule has 0 aliphatic heterocycles. The molecular weight excluding hydrogens is 299 g/mol. The average molecular weight is 321 g/mol. The van der Waals surface area contributed by atoms with E-state index in [0.29, 0.717) is 29.8 Å². The van der Waals surface area contributed by atoms with E-state index in [1.165, 1.54) is 0 Å². The largest absolute Gasteiger partial charge is 0.383 e. The first-order valence-electron chi connectivity index (χ1n) is 6.51. The van der Waals surface area contributed by atoms with Gasteiger partial charge in [0, 0.05) is 39.9 Å². The van der Waals surface area contributed by atoms with Crippen molar-refractivity contribution in [3.63, 3.8) is 0 Å². The molecule has 2 N–H and O–H groups in total. The van der Waals surface area contributed by atoms with Gasteiger partial charge in [-0.05, 0) is 11.6 Å². The molecule has 4 nitrogen and oxygen atoms in total. The Labute approximate surface area is 130 Å². The first kappa shape index (κ1) is 17.7. The molecule has 0 heterocycles. The van der Waals surface area contributed by atoms with Gasteiger partial charge in [0.25, 0.3) is 0 Å². The Morgan fingerprint density at radius 1 is 1.15 bits per heavy atom. The van der Waals surface area contributed by atoms with Crippen molar-refractivity contribution in [1.29, 1.82) is 0 Å². The summed E-state index contributed by atoms with van der Waals surface area (Å²) in [6.07, 6.45) is 0.